The van der Waals surface area contributed by atoms with Crippen LogP contribution in [0, 0.1) is 5.82 Å². The van der Waals surface area contributed by atoms with Crippen LogP contribution in [-0.4, -0.2) is 32.5 Å². The highest BCUT2D eigenvalue weighted by Gasteiger charge is 2.15. The molecule has 10 heteroatoms. The summed E-state index contributed by atoms with van der Waals surface area (Å²) in [5.74, 6) is -0.182. The number of benzene rings is 2. The third-order valence-electron chi connectivity index (χ3n) is 4.28. The van der Waals surface area contributed by atoms with E-state index in [9.17, 15) is 14.0 Å². The third-order valence-corrected chi connectivity index (χ3v) is 4.28. The standard InChI is InChI=1S/C22H17FN4O5/c23-16-8-6-15(7-9-16)21-24-19(26-32-21)14-31-22(29)18-10-11-20(28)27(25-18)12-13-30-17-4-2-1-3-5-17/h1-11H,12-14H2. The Morgan fingerprint density at radius 3 is 2.59 bits per heavy atom. The number of halogens is 1. The molecule has 0 saturated heterocycles. The van der Waals surface area contributed by atoms with Crippen molar-refractivity contribution in [2.24, 2.45) is 0 Å². The summed E-state index contributed by atoms with van der Waals surface area (Å²) >= 11 is 0. The first-order valence-electron chi connectivity index (χ1n) is 9.60. The smallest absolute Gasteiger partial charge is 0.359 e. The lowest BCUT2D eigenvalue weighted by molar-refractivity contribution is 0.0449. The zero-order valence-electron chi connectivity index (χ0n) is 16.7. The van der Waals surface area contributed by atoms with E-state index in [0.717, 1.165) is 4.68 Å². The molecule has 2 aromatic heterocycles. The van der Waals surface area contributed by atoms with Crippen LogP contribution in [0.25, 0.3) is 11.5 Å². The molecule has 0 unspecified atom stereocenters. The topological polar surface area (TPSA) is 109 Å². The molecule has 2 heterocycles. The molecule has 0 fully saturated rings. The predicted molar refractivity (Wildman–Crippen MR) is 109 cm³/mol. The average molecular weight is 436 g/mol. The lowest BCUT2D eigenvalue weighted by atomic mass is 10.2. The normalized spacial score (nSPS) is 10.7. The molecule has 0 aliphatic heterocycles. The number of rotatable bonds is 8. The molecule has 162 valence electrons. The van der Waals surface area contributed by atoms with Gasteiger partial charge in [0.2, 0.25) is 5.82 Å². The van der Waals surface area contributed by atoms with Crippen molar-refractivity contribution in [1.82, 2.24) is 19.9 Å². The summed E-state index contributed by atoms with van der Waals surface area (Å²) in [7, 11) is 0. The van der Waals surface area contributed by atoms with Gasteiger partial charge in [0.15, 0.2) is 12.3 Å². The molecule has 9 nitrogen and oxygen atoms in total. The molecule has 0 spiro atoms. The van der Waals surface area contributed by atoms with E-state index in [-0.39, 0.29) is 48.5 Å². The fourth-order valence-electron chi connectivity index (χ4n) is 2.71. The Bertz CT molecular complexity index is 1260. The van der Waals surface area contributed by atoms with Crippen LogP contribution in [0.15, 0.2) is 76.0 Å². The van der Waals surface area contributed by atoms with E-state index in [0.29, 0.717) is 11.3 Å². The van der Waals surface area contributed by atoms with Crippen molar-refractivity contribution in [3.63, 3.8) is 0 Å². The first kappa shape index (κ1) is 20.9. The summed E-state index contributed by atoms with van der Waals surface area (Å²) in [5, 5.41) is 7.76. The molecule has 0 atom stereocenters. The maximum Gasteiger partial charge on any atom is 0.359 e. The Labute approximate surface area is 181 Å². The van der Waals surface area contributed by atoms with Crippen molar-refractivity contribution >= 4 is 5.97 Å². The maximum atomic E-state index is 13.0. The van der Waals surface area contributed by atoms with Crippen LogP contribution in [0.1, 0.15) is 16.3 Å². The molecule has 32 heavy (non-hydrogen) atoms. The Hall–Kier alpha value is -4.34. The summed E-state index contributed by atoms with van der Waals surface area (Å²) in [6.45, 7) is 0.0899. The van der Waals surface area contributed by atoms with Crippen LogP contribution in [-0.2, 0) is 17.9 Å². The van der Waals surface area contributed by atoms with Crippen molar-refractivity contribution in [2.75, 3.05) is 6.61 Å². The Balaban J connectivity index is 1.35. The molecule has 0 aliphatic carbocycles. The maximum absolute atomic E-state index is 13.0. The minimum absolute atomic E-state index is 0.0495. The molecule has 0 amide bonds. The van der Waals surface area contributed by atoms with Gasteiger partial charge in [-0.2, -0.15) is 10.1 Å². The lowest BCUT2D eigenvalue weighted by Crippen LogP contribution is -2.27. The van der Waals surface area contributed by atoms with E-state index < -0.39 is 5.97 Å². The minimum Gasteiger partial charge on any atom is -0.492 e. The van der Waals surface area contributed by atoms with Gasteiger partial charge in [-0.05, 0) is 42.5 Å². The highest BCUT2D eigenvalue weighted by Crippen LogP contribution is 2.17. The number of ether oxygens (including phenoxy) is 2. The summed E-state index contributed by atoms with van der Waals surface area (Å²) in [6.07, 6.45) is 0. The third kappa shape index (κ3) is 5.22. The molecular formula is C22H17FN4O5. The van der Waals surface area contributed by atoms with Crippen molar-refractivity contribution in [3.05, 3.63) is 94.4 Å². The van der Waals surface area contributed by atoms with Gasteiger partial charge in [-0.1, -0.05) is 23.4 Å². The summed E-state index contributed by atoms with van der Waals surface area (Å²) in [4.78, 5) is 28.5. The van der Waals surface area contributed by atoms with Crippen LogP contribution >= 0.6 is 0 Å². The molecular weight excluding hydrogens is 419 g/mol. The van der Waals surface area contributed by atoms with E-state index >= 15 is 0 Å². The summed E-state index contributed by atoms with van der Waals surface area (Å²) < 4.78 is 30.0. The molecule has 0 aliphatic rings. The SMILES string of the molecule is O=C(OCc1noc(-c2ccc(F)cc2)n1)c1ccc(=O)n(CCOc2ccccc2)n1. The number of carbonyl (C=O) groups excluding carboxylic acids is 1. The van der Waals surface area contributed by atoms with Gasteiger partial charge in [0, 0.05) is 11.6 Å². The highest BCUT2D eigenvalue weighted by atomic mass is 19.1. The first-order chi connectivity index (χ1) is 15.6. The second-order valence-corrected chi connectivity index (χ2v) is 6.54. The molecule has 2 aromatic carbocycles. The number of nitrogens with zero attached hydrogens (tertiary/aromatic N) is 4. The average Bonchev–Trinajstić information content (AvgIpc) is 3.29. The van der Waals surface area contributed by atoms with Gasteiger partial charge in [0.05, 0.1) is 6.54 Å². The number of para-hydroxylation sites is 1. The Morgan fingerprint density at radius 2 is 1.81 bits per heavy atom. The zero-order chi connectivity index (χ0) is 22.3. The fourth-order valence-corrected chi connectivity index (χ4v) is 2.71. The summed E-state index contributed by atoms with van der Waals surface area (Å²) in [5.41, 5.74) is 0.106. The Kier molecular flexibility index (Phi) is 6.30. The van der Waals surface area contributed by atoms with E-state index in [2.05, 4.69) is 15.2 Å². The van der Waals surface area contributed by atoms with Crippen LogP contribution in [0.5, 0.6) is 5.75 Å². The van der Waals surface area contributed by atoms with Crippen molar-refractivity contribution in [1.29, 1.82) is 0 Å². The van der Waals surface area contributed by atoms with Crippen molar-refractivity contribution < 1.29 is 23.2 Å². The minimum atomic E-state index is -0.754. The highest BCUT2D eigenvalue weighted by molar-refractivity contribution is 5.86. The predicted octanol–water partition coefficient (Wildman–Crippen LogP) is 2.87. The zero-order valence-corrected chi connectivity index (χ0v) is 16.7. The summed E-state index contributed by atoms with van der Waals surface area (Å²) in [6, 6.07) is 17.2. The number of hydrogen-bond donors (Lipinski definition) is 0. The van der Waals surface area contributed by atoms with Gasteiger partial charge in [-0.3, -0.25) is 4.79 Å². The van der Waals surface area contributed by atoms with E-state index in [1.807, 2.05) is 18.2 Å². The number of hydrogen-bond acceptors (Lipinski definition) is 8. The lowest BCUT2D eigenvalue weighted by Gasteiger charge is -2.08. The molecule has 4 aromatic rings. The largest absolute Gasteiger partial charge is 0.492 e. The molecule has 0 radical (unpaired) electrons. The molecule has 4 rings (SSSR count). The Morgan fingerprint density at radius 1 is 1.03 bits per heavy atom. The van der Waals surface area contributed by atoms with E-state index in [1.165, 1.54) is 36.4 Å². The van der Waals surface area contributed by atoms with Gasteiger partial charge >= 0.3 is 5.97 Å². The van der Waals surface area contributed by atoms with Gasteiger partial charge in [0.25, 0.3) is 11.4 Å². The van der Waals surface area contributed by atoms with Crippen molar-refractivity contribution in [3.8, 4) is 17.2 Å². The van der Waals surface area contributed by atoms with Gasteiger partial charge in [-0.25, -0.2) is 13.9 Å². The van der Waals surface area contributed by atoms with Crippen LogP contribution in [0.3, 0.4) is 0 Å². The van der Waals surface area contributed by atoms with Gasteiger partial charge in [0.1, 0.15) is 18.2 Å². The van der Waals surface area contributed by atoms with Gasteiger partial charge < -0.3 is 14.0 Å². The van der Waals surface area contributed by atoms with E-state index in [1.54, 1.807) is 12.1 Å². The molecule has 0 N–H and O–H groups in total. The monoisotopic (exact) mass is 436 g/mol. The van der Waals surface area contributed by atoms with Crippen LogP contribution in [0.4, 0.5) is 4.39 Å². The molecule has 0 saturated carbocycles. The second-order valence-electron chi connectivity index (χ2n) is 6.54. The second kappa shape index (κ2) is 9.65. The quantitative estimate of drug-likeness (QED) is 0.388. The molecule has 0 bridgehead atoms. The number of aromatic nitrogens is 4. The van der Waals surface area contributed by atoms with Gasteiger partial charge in [-0.15, -0.1) is 0 Å². The number of esters is 1. The first-order valence-corrected chi connectivity index (χ1v) is 9.60. The van der Waals surface area contributed by atoms with E-state index in [4.69, 9.17) is 14.0 Å². The fraction of sp³-hybridized carbons (Fsp3) is 0.136. The van der Waals surface area contributed by atoms with Crippen LogP contribution < -0.4 is 10.3 Å². The van der Waals surface area contributed by atoms with Crippen LogP contribution in [0.2, 0.25) is 0 Å². The van der Waals surface area contributed by atoms with Crippen molar-refractivity contribution in [2.45, 2.75) is 13.2 Å². The number of carbonyl (C=O) groups is 1.